The Morgan fingerprint density at radius 2 is 2.27 bits per heavy atom. The summed E-state index contributed by atoms with van der Waals surface area (Å²) < 4.78 is 0. The number of carbonyl (C=O) groups excluding carboxylic acids is 1. The third-order valence-electron chi connectivity index (χ3n) is 1.27. The van der Waals surface area contributed by atoms with Crippen molar-refractivity contribution in [3.8, 4) is 0 Å². The summed E-state index contributed by atoms with van der Waals surface area (Å²) in [7, 11) is 0. The zero-order valence-electron chi connectivity index (χ0n) is 6.85. The van der Waals surface area contributed by atoms with Crippen LogP contribution in [-0.4, -0.2) is 11.7 Å². The van der Waals surface area contributed by atoms with Crippen LogP contribution in [0.2, 0.25) is 0 Å². The minimum atomic E-state index is -0.659. The number of nitrogens with one attached hydrogen (secondary N) is 1. The molecule has 0 saturated carbocycles. The second-order valence-corrected chi connectivity index (χ2v) is 2.13. The van der Waals surface area contributed by atoms with Crippen LogP contribution in [0.25, 0.3) is 0 Å². The van der Waals surface area contributed by atoms with Gasteiger partial charge in [0.05, 0.1) is 5.71 Å². The summed E-state index contributed by atoms with van der Waals surface area (Å²) in [6.45, 7) is 7.46. The van der Waals surface area contributed by atoms with Gasteiger partial charge >= 0.3 is 6.03 Å². The molecule has 0 atom stereocenters. The molecule has 0 aliphatic heterocycles. The molecule has 11 heavy (non-hydrogen) atoms. The van der Waals surface area contributed by atoms with Gasteiger partial charge in [0, 0.05) is 0 Å². The highest BCUT2D eigenvalue weighted by Gasteiger charge is 1.95. The number of nitrogens with two attached hydrogens (primary N) is 1. The van der Waals surface area contributed by atoms with Gasteiger partial charge in [-0.05, 0) is 18.9 Å². The number of nitrogens with zero attached hydrogens (tertiary/aromatic N) is 1. The van der Waals surface area contributed by atoms with Crippen molar-refractivity contribution in [2.45, 2.75) is 20.3 Å². The first kappa shape index (κ1) is 9.68. The second-order valence-electron chi connectivity index (χ2n) is 2.13. The number of carbonyl (C=O) groups is 1. The molecule has 0 radical (unpaired) electrons. The molecule has 0 aromatic heterocycles. The van der Waals surface area contributed by atoms with Crippen LogP contribution >= 0.6 is 0 Å². The van der Waals surface area contributed by atoms with Gasteiger partial charge in [-0.2, -0.15) is 5.10 Å². The molecule has 0 saturated heterocycles. The molecule has 0 bridgehead atoms. The molecule has 0 rings (SSSR count). The van der Waals surface area contributed by atoms with Gasteiger partial charge in [-0.15, -0.1) is 0 Å². The molecule has 3 N–H and O–H groups in total. The van der Waals surface area contributed by atoms with Gasteiger partial charge in [0.1, 0.15) is 0 Å². The first-order valence-electron chi connectivity index (χ1n) is 3.35. The van der Waals surface area contributed by atoms with E-state index in [1.54, 1.807) is 6.92 Å². The molecule has 0 unspecified atom stereocenters. The largest absolute Gasteiger partial charge is 0.350 e. The van der Waals surface area contributed by atoms with Crippen LogP contribution in [0.1, 0.15) is 20.3 Å². The van der Waals surface area contributed by atoms with Crippen LogP contribution in [0.5, 0.6) is 0 Å². The van der Waals surface area contributed by atoms with E-state index < -0.39 is 6.03 Å². The highest BCUT2D eigenvalue weighted by Crippen LogP contribution is 1.98. The molecule has 62 valence electrons. The second kappa shape index (κ2) is 4.49. The molecular formula is C7H13N3O. The Hall–Kier alpha value is -1.32. The van der Waals surface area contributed by atoms with Crippen molar-refractivity contribution in [2.75, 3.05) is 0 Å². The van der Waals surface area contributed by atoms with Crippen LogP contribution in [0.3, 0.4) is 0 Å². The average Bonchev–Trinajstić information content (AvgIpc) is 1.98. The van der Waals surface area contributed by atoms with E-state index in [1.807, 2.05) is 6.92 Å². The Morgan fingerprint density at radius 3 is 2.64 bits per heavy atom. The standard InChI is InChI=1S/C7H13N3O/c1-4-5(2)6(3)9-10-7(8)11/h2,4H2,1,3H3,(H3,8,10,11). The van der Waals surface area contributed by atoms with E-state index in [0.717, 1.165) is 12.0 Å². The third-order valence-corrected chi connectivity index (χ3v) is 1.27. The number of primary amides is 1. The highest BCUT2D eigenvalue weighted by atomic mass is 16.2. The summed E-state index contributed by atoms with van der Waals surface area (Å²) in [6.07, 6.45) is 0.815. The Balaban J connectivity index is 4.00. The lowest BCUT2D eigenvalue weighted by molar-refractivity contribution is 0.249. The number of rotatable bonds is 3. The lowest BCUT2D eigenvalue weighted by Gasteiger charge is -2.00. The van der Waals surface area contributed by atoms with Crippen molar-refractivity contribution in [2.24, 2.45) is 10.8 Å². The van der Waals surface area contributed by atoms with Crippen molar-refractivity contribution >= 4 is 11.7 Å². The van der Waals surface area contributed by atoms with E-state index in [0.29, 0.717) is 5.71 Å². The molecule has 0 fully saturated rings. The van der Waals surface area contributed by atoms with E-state index in [2.05, 4.69) is 17.1 Å². The molecule has 4 heteroatoms. The summed E-state index contributed by atoms with van der Waals surface area (Å²) >= 11 is 0. The maximum atomic E-state index is 10.2. The number of amides is 2. The van der Waals surface area contributed by atoms with Crippen LogP contribution < -0.4 is 11.2 Å². The maximum absolute atomic E-state index is 10.2. The van der Waals surface area contributed by atoms with E-state index in [4.69, 9.17) is 5.73 Å². The smallest absolute Gasteiger partial charge is 0.332 e. The van der Waals surface area contributed by atoms with Crippen LogP contribution in [0.4, 0.5) is 4.79 Å². The van der Waals surface area contributed by atoms with Crippen molar-refractivity contribution in [1.29, 1.82) is 0 Å². The highest BCUT2D eigenvalue weighted by molar-refractivity contribution is 5.97. The van der Waals surface area contributed by atoms with Gasteiger partial charge in [-0.3, -0.25) is 0 Å². The van der Waals surface area contributed by atoms with E-state index in [-0.39, 0.29) is 0 Å². The summed E-state index contributed by atoms with van der Waals surface area (Å²) in [5, 5.41) is 3.69. The van der Waals surface area contributed by atoms with Crippen LogP contribution in [0.15, 0.2) is 17.3 Å². The number of hydrogen-bond acceptors (Lipinski definition) is 2. The van der Waals surface area contributed by atoms with E-state index in [1.165, 1.54) is 0 Å². The predicted octanol–water partition coefficient (Wildman–Crippen LogP) is 0.997. The number of hydrogen-bond donors (Lipinski definition) is 2. The van der Waals surface area contributed by atoms with Crippen molar-refractivity contribution in [3.05, 3.63) is 12.2 Å². The van der Waals surface area contributed by atoms with Crippen LogP contribution in [-0.2, 0) is 0 Å². The molecular weight excluding hydrogens is 142 g/mol. The van der Waals surface area contributed by atoms with Gasteiger partial charge in [0.2, 0.25) is 0 Å². The molecule has 0 aromatic rings. The minimum absolute atomic E-state index is 0.659. The SMILES string of the molecule is C=C(CC)C(C)=NNC(N)=O. The normalized spacial score (nSPS) is 10.9. The minimum Gasteiger partial charge on any atom is -0.350 e. The molecule has 0 spiro atoms. The van der Waals surface area contributed by atoms with Crippen LogP contribution in [0, 0.1) is 0 Å². The number of hydrazone groups is 1. The van der Waals surface area contributed by atoms with Gasteiger partial charge in [0.15, 0.2) is 0 Å². The zero-order chi connectivity index (χ0) is 8.85. The first-order chi connectivity index (χ1) is 5.07. The molecule has 0 aliphatic rings. The van der Waals surface area contributed by atoms with Gasteiger partial charge in [0.25, 0.3) is 0 Å². The zero-order valence-corrected chi connectivity index (χ0v) is 6.85. The number of allylic oxidation sites excluding steroid dienone is 1. The Kier molecular flexibility index (Phi) is 3.95. The fraction of sp³-hybridized carbons (Fsp3) is 0.429. The molecule has 0 aliphatic carbocycles. The summed E-state index contributed by atoms with van der Waals surface area (Å²) in [6, 6.07) is -0.659. The molecule has 2 amide bonds. The van der Waals surface area contributed by atoms with Crippen molar-refractivity contribution in [3.63, 3.8) is 0 Å². The van der Waals surface area contributed by atoms with E-state index >= 15 is 0 Å². The number of urea groups is 1. The van der Waals surface area contributed by atoms with Crippen molar-refractivity contribution in [1.82, 2.24) is 5.43 Å². The summed E-state index contributed by atoms with van der Waals surface area (Å²) in [4.78, 5) is 10.2. The first-order valence-corrected chi connectivity index (χ1v) is 3.35. The maximum Gasteiger partial charge on any atom is 0.332 e. The Labute approximate surface area is 66.2 Å². The Bertz CT molecular complexity index is 196. The van der Waals surface area contributed by atoms with Crippen molar-refractivity contribution < 1.29 is 4.79 Å². The summed E-state index contributed by atoms with van der Waals surface area (Å²) in [5.74, 6) is 0. The van der Waals surface area contributed by atoms with Gasteiger partial charge in [-0.25, -0.2) is 10.2 Å². The van der Waals surface area contributed by atoms with E-state index in [9.17, 15) is 4.79 Å². The fourth-order valence-corrected chi connectivity index (χ4v) is 0.474. The summed E-state index contributed by atoms with van der Waals surface area (Å²) in [5.41, 5.74) is 8.51. The average molecular weight is 155 g/mol. The quantitative estimate of drug-likeness (QED) is 0.463. The Morgan fingerprint density at radius 1 is 1.73 bits per heavy atom. The predicted molar refractivity (Wildman–Crippen MR) is 45.3 cm³/mol. The lowest BCUT2D eigenvalue weighted by atomic mass is 10.1. The van der Waals surface area contributed by atoms with Gasteiger partial charge < -0.3 is 5.73 Å². The molecule has 0 heterocycles. The molecule has 0 aromatic carbocycles. The fourth-order valence-electron chi connectivity index (χ4n) is 0.474. The third kappa shape index (κ3) is 4.13. The topological polar surface area (TPSA) is 67.5 Å². The van der Waals surface area contributed by atoms with Gasteiger partial charge in [-0.1, -0.05) is 13.5 Å². The monoisotopic (exact) mass is 155 g/mol. The lowest BCUT2D eigenvalue weighted by Crippen LogP contribution is -2.25. The molecule has 4 nitrogen and oxygen atoms in total.